The molecule has 3 aliphatic rings. The Morgan fingerprint density at radius 3 is 2.54 bits per heavy atom. The van der Waals surface area contributed by atoms with E-state index in [1.54, 1.807) is 4.67 Å². The Balaban J connectivity index is 1.51. The van der Waals surface area contributed by atoms with Gasteiger partial charge < -0.3 is 15.0 Å². The summed E-state index contributed by atoms with van der Waals surface area (Å²) >= 11 is 0. The number of nitrogens with zero attached hydrogens (tertiary/aromatic N) is 3. The van der Waals surface area contributed by atoms with Gasteiger partial charge in [-0.15, -0.1) is 12.3 Å². The number of nitrogens with one attached hydrogen (secondary N) is 1. The number of carbonyl (C=O) groups is 2. The molecule has 1 aromatic rings. The highest BCUT2D eigenvalue weighted by molar-refractivity contribution is 7.51. The van der Waals surface area contributed by atoms with Crippen LogP contribution in [0.1, 0.15) is 19.8 Å². The number of carbonyl (C=O) groups excluding carboxylic acids is 2. The monoisotopic (exact) mass is 512 g/mol. The molecule has 3 saturated heterocycles. The first kappa shape index (κ1) is 25.4. The molecule has 4 rings (SSSR count). The first-order chi connectivity index (χ1) is 16.7. The first-order valence-corrected chi connectivity index (χ1v) is 12.8. The molecule has 3 aliphatic heterocycles. The molecule has 2 atom stereocenters. The van der Waals surface area contributed by atoms with E-state index in [2.05, 4.69) is 11.2 Å². The molecule has 0 spiro atoms. The highest BCUT2D eigenvalue weighted by Crippen LogP contribution is 2.56. The van der Waals surface area contributed by atoms with Crippen LogP contribution in [-0.4, -0.2) is 74.8 Å². The van der Waals surface area contributed by atoms with Gasteiger partial charge in [0.2, 0.25) is 5.91 Å². The second kappa shape index (κ2) is 10.5. The van der Waals surface area contributed by atoms with E-state index in [0.29, 0.717) is 19.6 Å². The van der Waals surface area contributed by atoms with Crippen molar-refractivity contribution >= 4 is 31.1 Å². The van der Waals surface area contributed by atoms with Crippen LogP contribution in [0.15, 0.2) is 12.1 Å². The van der Waals surface area contributed by atoms with E-state index in [1.165, 1.54) is 11.8 Å². The fourth-order valence-electron chi connectivity index (χ4n) is 4.39. The third-order valence-electron chi connectivity index (χ3n) is 6.00. The highest BCUT2D eigenvalue weighted by atomic mass is 31.2. The summed E-state index contributed by atoms with van der Waals surface area (Å²) in [5, 5.41) is 2.55. The van der Waals surface area contributed by atoms with E-state index < -0.39 is 37.6 Å². The van der Waals surface area contributed by atoms with Crippen LogP contribution in [0.5, 0.6) is 0 Å². The van der Waals surface area contributed by atoms with E-state index in [4.69, 9.17) is 20.2 Å². The zero-order chi connectivity index (χ0) is 25.2. The first-order valence-electron chi connectivity index (χ1n) is 11.3. The Morgan fingerprint density at radius 1 is 1.23 bits per heavy atom. The minimum Gasteiger partial charge on any atom is -0.442 e. The van der Waals surface area contributed by atoms with Gasteiger partial charge in [-0.1, -0.05) is 0 Å². The molecule has 3 heterocycles. The molecule has 0 aliphatic carbocycles. The second-order valence-electron chi connectivity index (χ2n) is 8.47. The Bertz CT molecular complexity index is 1050. The number of benzene rings is 1. The van der Waals surface area contributed by atoms with Crippen molar-refractivity contribution in [3.63, 3.8) is 0 Å². The second-order valence-corrected chi connectivity index (χ2v) is 10.4. The van der Waals surface area contributed by atoms with Crippen molar-refractivity contribution in [1.29, 1.82) is 0 Å². The summed E-state index contributed by atoms with van der Waals surface area (Å²) in [6.07, 6.45) is 4.92. The van der Waals surface area contributed by atoms with Gasteiger partial charge in [0.15, 0.2) is 11.6 Å². The maximum Gasteiger partial charge on any atom is 0.414 e. The predicted octanol–water partition coefficient (Wildman–Crippen LogP) is 2.49. The summed E-state index contributed by atoms with van der Waals surface area (Å²) in [6, 6.07) is 1.64. The smallest absolute Gasteiger partial charge is 0.414 e. The molecular weight excluding hydrogens is 485 g/mol. The minimum atomic E-state index is -3.52. The van der Waals surface area contributed by atoms with Gasteiger partial charge in [0.25, 0.3) is 0 Å². The highest BCUT2D eigenvalue weighted by Gasteiger charge is 2.43. The fourth-order valence-corrected chi connectivity index (χ4v) is 6.37. The average Bonchev–Trinajstić information content (AvgIpc) is 3.18. The Hall–Kier alpha value is -2.71. The van der Waals surface area contributed by atoms with Crippen molar-refractivity contribution in [3.05, 3.63) is 23.8 Å². The Kier molecular flexibility index (Phi) is 7.62. The van der Waals surface area contributed by atoms with E-state index >= 15 is 8.78 Å². The summed E-state index contributed by atoms with van der Waals surface area (Å²) in [7, 11) is -3.52. The van der Waals surface area contributed by atoms with Crippen LogP contribution in [0.4, 0.5) is 25.0 Å². The van der Waals surface area contributed by atoms with Crippen molar-refractivity contribution in [2.75, 3.05) is 55.7 Å². The third-order valence-corrected chi connectivity index (χ3v) is 8.17. The number of rotatable bonds is 6. The van der Waals surface area contributed by atoms with Gasteiger partial charge >= 0.3 is 13.8 Å². The Labute approximate surface area is 202 Å². The van der Waals surface area contributed by atoms with Gasteiger partial charge in [-0.3, -0.25) is 18.7 Å². The summed E-state index contributed by atoms with van der Waals surface area (Å²) in [5.41, 5.74) is -0.257. The van der Waals surface area contributed by atoms with Crippen molar-refractivity contribution in [2.24, 2.45) is 0 Å². The van der Waals surface area contributed by atoms with Crippen molar-refractivity contribution in [3.8, 4) is 12.3 Å². The lowest BCUT2D eigenvalue weighted by Gasteiger charge is -2.44. The quantitative estimate of drug-likeness (QED) is 0.459. The largest absolute Gasteiger partial charge is 0.442 e. The van der Waals surface area contributed by atoms with Gasteiger partial charge in [-0.2, -0.15) is 0 Å². The van der Waals surface area contributed by atoms with Crippen molar-refractivity contribution in [1.82, 2.24) is 9.99 Å². The number of hydrogen-bond acceptors (Lipinski definition) is 7. The molecule has 0 saturated carbocycles. The lowest BCUT2D eigenvalue weighted by atomic mass is 10.1. The van der Waals surface area contributed by atoms with Gasteiger partial charge in [-0.05, 0) is 6.42 Å². The van der Waals surface area contributed by atoms with Gasteiger partial charge in [0, 0.05) is 51.2 Å². The van der Waals surface area contributed by atoms with Crippen molar-refractivity contribution in [2.45, 2.75) is 31.9 Å². The topological polar surface area (TPSA) is 101 Å². The number of cyclic esters (lactones) is 1. The number of anilines is 2. The molecular formula is C22H27F2N4O6P. The van der Waals surface area contributed by atoms with Crippen LogP contribution in [0.25, 0.3) is 0 Å². The molecule has 0 radical (unpaired) electrons. The van der Waals surface area contributed by atoms with Gasteiger partial charge in [-0.25, -0.2) is 22.8 Å². The molecule has 13 heteroatoms. The average molecular weight is 512 g/mol. The van der Waals surface area contributed by atoms with E-state index in [1.807, 2.05) is 0 Å². The lowest BCUT2D eigenvalue weighted by Crippen LogP contribution is -2.52. The SMILES string of the molecule is C#CCC1CN(c2c(F)cc(N3CC(CNC(C)=O)OC3=O)cc2F)CCN1P1(=O)OCCCO1. The number of amides is 2. The molecule has 1 N–H and O–H groups in total. The molecule has 1 aromatic carbocycles. The lowest BCUT2D eigenvalue weighted by molar-refractivity contribution is -0.119. The number of terminal acetylenes is 1. The molecule has 2 unspecified atom stereocenters. The van der Waals surface area contributed by atoms with Crippen LogP contribution in [0.3, 0.4) is 0 Å². The van der Waals surface area contributed by atoms with Crippen LogP contribution >= 0.6 is 7.75 Å². The van der Waals surface area contributed by atoms with Gasteiger partial charge in [0.05, 0.1) is 32.0 Å². The molecule has 3 fully saturated rings. The van der Waals surface area contributed by atoms with Crippen LogP contribution in [0, 0.1) is 24.0 Å². The standard InChI is InChI=1S/C22H27F2N4O6P/c1-3-5-16-13-26(6-7-28(16)35(31)32-8-4-9-33-35)21-19(23)10-17(11-20(21)24)27-14-18(34-22(27)30)12-25-15(2)29/h1,10-11,16,18H,4-9,12-14H2,2H3,(H,25,29). The molecule has 10 nitrogen and oxygen atoms in total. The molecule has 2 amide bonds. The zero-order valence-electron chi connectivity index (χ0n) is 19.2. The van der Waals surface area contributed by atoms with Crippen LogP contribution < -0.4 is 15.1 Å². The summed E-state index contributed by atoms with van der Waals surface area (Å²) in [6.45, 7) is 2.51. The number of halogens is 2. The molecule has 35 heavy (non-hydrogen) atoms. The minimum absolute atomic E-state index is 0.00586. The summed E-state index contributed by atoms with van der Waals surface area (Å²) in [5.74, 6) is 0.526. The fraction of sp³-hybridized carbons (Fsp3) is 0.545. The normalized spacial score (nSPS) is 24.7. The molecule has 0 bridgehead atoms. The van der Waals surface area contributed by atoms with Crippen LogP contribution in [0.2, 0.25) is 0 Å². The maximum atomic E-state index is 15.2. The molecule has 0 aromatic heterocycles. The van der Waals surface area contributed by atoms with Crippen molar-refractivity contribution < 1.29 is 36.7 Å². The zero-order valence-corrected chi connectivity index (χ0v) is 20.1. The maximum absolute atomic E-state index is 15.2. The predicted molar refractivity (Wildman–Crippen MR) is 123 cm³/mol. The number of hydrogen-bond donors (Lipinski definition) is 1. The summed E-state index contributed by atoms with van der Waals surface area (Å²) in [4.78, 5) is 25.9. The number of ether oxygens (including phenoxy) is 1. The molecule has 190 valence electrons. The van der Waals surface area contributed by atoms with E-state index in [9.17, 15) is 14.2 Å². The Morgan fingerprint density at radius 2 is 1.91 bits per heavy atom. The van der Waals surface area contributed by atoms with E-state index in [-0.39, 0.29) is 56.4 Å². The summed E-state index contributed by atoms with van der Waals surface area (Å²) < 4.78 is 61.2. The van der Waals surface area contributed by atoms with E-state index in [0.717, 1.165) is 17.0 Å². The van der Waals surface area contributed by atoms with Gasteiger partial charge in [0.1, 0.15) is 11.8 Å². The third kappa shape index (κ3) is 5.43. The number of piperazine rings is 1. The van der Waals surface area contributed by atoms with Crippen LogP contribution in [-0.2, 0) is 23.1 Å².